The van der Waals surface area contributed by atoms with Crippen molar-refractivity contribution in [1.29, 1.82) is 5.41 Å². The van der Waals surface area contributed by atoms with Crippen LogP contribution in [0.5, 0.6) is 0 Å². The largest absolute Gasteiger partial charge is 0.470 e. The zero-order valence-corrected chi connectivity index (χ0v) is 10.7. The quantitative estimate of drug-likeness (QED) is 0.720. The van der Waals surface area contributed by atoms with E-state index in [1.807, 2.05) is 13.0 Å². The number of ether oxygens (including phenoxy) is 1. The van der Waals surface area contributed by atoms with Gasteiger partial charge in [0.05, 0.1) is 0 Å². The first-order valence-corrected chi connectivity index (χ1v) is 6.22. The number of rotatable bonds is 6. The Kier molecular flexibility index (Phi) is 4.78. The molecule has 0 saturated carbocycles. The second kappa shape index (κ2) is 5.88. The fourth-order valence-electron chi connectivity index (χ4n) is 2.33. The first-order chi connectivity index (χ1) is 7.63. The van der Waals surface area contributed by atoms with Crippen LogP contribution in [0, 0.1) is 11.3 Å². The van der Waals surface area contributed by atoms with Gasteiger partial charge in [-0.1, -0.05) is 45.8 Å². The Hall–Kier alpha value is -1.05. The zero-order chi connectivity index (χ0) is 12.1. The summed E-state index contributed by atoms with van der Waals surface area (Å²) < 4.78 is 5.59. The molecule has 0 amide bonds. The van der Waals surface area contributed by atoms with Crippen LogP contribution in [0.1, 0.15) is 46.5 Å². The third-order valence-corrected chi connectivity index (χ3v) is 3.42. The van der Waals surface area contributed by atoms with Gasteiger partial charge in [0.1, 0.15) is 6.10 Å². The van der Waals surface area contributed by atoms with Gasteiger partial charge in [-0.2, -0.15) is 0 Å². The molecule has 0 aliphatic carbocycles. The molecule has 1 aliphatic rings. The first-order valence-electron chi connectivity index (χ1n) is 6.22. The molecule has 1 heterocycles. The van der Waals surface area contributed by atoms with Crippen molar-refractivity contribution >= 4 is 5.90 Å². The van der Waals surface area contributed by atoms with Crippen LogP contribution >= 0.6 is 0 Å². The minimum Gasteiger partial charge on any atom is -0.470 e. The molecule has 2 nitrogen and oxygen atoms in total. The topological polar surface area (TPSA) is 33.1 Å². The van der Waals surface area contributed by atoms with E-state index >= 15 is 0 Å². The highest BCUT2D eigenvalue weighted by Crippen LogP contribution is 2.30. The highest BCUT2D eigenvalue weighted by atomic mass is 16.5. The van der Waals surface area contributed by atoms with E-state index in [9.17, 15) is 0 Å². The highest BCUT2D eigenvalue weighted by molar-refractivity contribution is 5.94. The van der Waals surface area contributed by atoms with Gasteiger partial charge in [0.15, 0.2) is 0 Å². The molecule has 16 heavy (non-hydrogen) atoms. The van der Waals surface area contributed by atoms with Gasteiger partial charge in [-0.25, -0.2) is 0 Å². The molecule has 2 heteroatoms. The monoisotopic (exact) mass is 221 g/mol. The van der Waals surface area contributed by atoms with Gasteiger partial charge in [0, 0.05) is 11.1 Å². The Morgan fingerprint density at radius 3 is 2.69 bits per heavy atom. The van der Waals surface area contributed by atoms with Crippen LogP contribution in [0.3, 0.4) is 0 Å². The lowest BCUT2D eigenvalue weighted by Gasteiger charge is -2.19. The predicted octanol–water partition coefficient (Wildman–Crippen LogP) is 4.08. The summed E-state index contributed by atoms with van der Waals surface area (Å²) in [6, 6.07) is 0. The summed E-state index contributed by atoms with van der Waals surface area (Å²) in [5.41, 5.74) is 2.06. The predicted molar refractivity (Wildman–Crippen MR) is 68.8 cm³/mol. The average Bonchev–Trinajstić information content (AvgIpc) is 2.53. The van der Waals surface area contributed by atoms with Crippen molar-refractivity contribution in [2.45, 2.75) is 52.6 Å². The normalized spacial score (nSPS) is 22.2. The fraction of sp³-hybridized carbons (Fsp3) is 0.643. The van der Waals surface area contributed by atoms with Gasteiger partial charge in [-0.05, 0) is 19.3 Å². The van der Waals surface area contributed by atoms with E-state index in [1.165, 1.54) is 19.3 Å². The molecule has 0 aromatic heterocycles. The third-order valence-electron chi connectivity index (χ3n) is 3.42. The van der Waals surface area contributed by atoms with E-state index in [1.54, 1.807) is 0 Å². The van der Waals surface area contributed by atoms with Crippen molar-refractivity contribution in [2.75, 3.05) is 0 Å². The van der Waals surface area contributed by atoms with Crippen LogP contribution in [-0.4, -0.2) is 12.0 Å². The Morgan fingerprint density at radius 1 is 1.50 bits per heavy atom. The standard InChI is InChI=1S/C14H23NO/c1-5-8-11(6-2)9-13-12(7-3)10(4)14(15)16-13/h7,11,13,15H,3,5-6,8-9H2,1-2,4H3. The SMILES string of the molecule is C=CC1=C(C)C(=N)OC1CC(CC)CCC. The van der Waals surface area contributed by atoms with Crippen LogP contribution < -0.4 is 0 Å². The van der Waals surface area contributed by atoms with Gasteiger partial charge in [-0.15, -0.1) is 0 Å². The summed E-state index contributed by atoms with van der Waals surface area (Å²) in [6.45, 7) is 10.2. The highest BCUT2D eigenvalue weighted by Gasteiger charge is 2.28. The van der Waals surface area contributed by atoms with Crippen LogP contribution in [0.25, 0.3) is 0 Å². The van der Waals surface area contributed by atoms with E-state index in [0.29, 0.717) is 11.8 Å². The van der Waals surface area contributed by atoms with Crippen LogP contribution in [0.4, 0.5) is 0 Å². The Morgan fingerprint density at radius 2 is 2.19 bits per heavy atom. The maximum Gasteiger partial charge on any atom is 0.209 e. The lowest BCUT2D eigenvalue weighted by Crippen LogP contribution is -2.16. The van der Waals surface area contributed by atoms with Gasteiger partial charge >= 0.3 is 0 Å². The van der Waals surface area contributed by atoms with Gasteiger partial charge in [-0.3, -0.25) is 5.41 Å². The summed E-state index contributed by atoms with van der Waals surface area (Å²) in [5, 5.41) is 7.69. The van der Waals surface area contributed by atoms with Crippen LogP contribution in [-0.2, 0) is 4.74 Å². The second-order valence-electron chi connectivity index (χ2n) is 4.52. The summed E-state index contributed by atoms with van der Waals surface area (Å²) >= 11 is 0. The van der Waals surface area contributed by atoms with Crippen molar-refractivity contribution < 1.29 is 4.74 Å². The molecule has 0 radical (unpaired) electrons. The Labute approximate surface area is 98.9 Å². The average molecular weight is 221 g/mol. The molecule has 0 spiro atoms. The second-order valence-corrected chi connectivity index (χ2v) is 4.52. The van der Waals surface area contributed by atoms with E-state index in [4.69, 9.17) is 10.1 Å². The molecule has 2 unspecified atom stereocenters. The molecule has 0 aromatic carbocycles. The zero-order valence-electron chi connectivity index (χ0n) is 10.7. The molecule has 90 valence electrons. The molecular weight excluding hydrogens is 198 g/mol. The van der Waals surface area contributed by atoms with Crippen molar-refractivity contribution in [3.63, 3.8) is 0 Å². The maximum atomic E-state index is 7.69. The fourth-order valence-corrected chi connectivity index (χ4v) is 2.33. The van der Waals surface area contributed by atoms with Gasteiger partial charge in [0.25, 0.3) is 0 Å². The first kappa shape index (κ1) is 13.0. The van der Waals surface area contributed by atoms with Gasteiger partial charge < -0.3 is 4.74 Å². The minimum absolute atomic E-state index is 0.0708. The molecule has 0 aromatic rings. The molecule has 0 bridgehead atoms. The van der Waals surface area contributed by atoms with Crippen molar-refractivity contribution in [1.82, 2.24) is 0 Å². The lowest BCUT2D eigenvalue weighted by atomic mass is 9.91. The lowest BCUT2D eigenvalue weighted by molar-refractivity contribution is 0.196. The third kappa shape index (κ3) is 2.75. The van der Waals surface area contributed by atoms with Crippen molar-refractivity contribution in [2.24, 2.45) is 5.92 Å². The van der Waals surface area contributed by atoms with Gasteiger partial charge in [0.2, 0.25) is 5.90 Å². The molecule has 1 aliphatic heterocycles. The van der Waals surface area contributed by atoms with E-state index in [-0.39, 0.29) is 6.10 Å². The van der Waals surface area contributed by atoms with Crippen molar-refractivity contribution in [3.05, 3.63) is 23.8 Å². The summed E-state index contributed by atoms with van der Waals surface area (Å²) in [4.78, 5) is 0. The van der Waals surface area contributed by atoms with Crippen LogP contribution in [0.2, 0.25) is 0 Å². The minimum atomic E-state index is 0.0708. The molecular formula is C14H23NO. The molecule has 1 rings (SSSR count). The summed E-state index contributed by atoms with van der Waals surface area (Å²) in [5.74, 6) is 1.02. The van der Waals surface area contributed by atoms with Crippen LogP contribution in [0.15, 0.2) is 23.8 Å². The Balaban J connectivity index is 2.68. The van der Waals surface area contributed by atoms with Crippen molar-refractivity contribution in [3.8, 4) is 0 Å². The molecule has 1 N–H and O–H groups in total. The van der Waals surface area contributed by atoms with E-state index < -0.39 is 0 Å². The summed E-state index contributed by atoms with van der Waals surface area (Å²) in [6.07, 6.45) is 6.58. The number of hydrogen-bond donors (Lipinski definition) is 1. The van der Waals surface area contributed by atoms with E-state index in [0.717, 1.165) is 17.6 Å². The van der Waals surface area contributed by atoms with E-state index in [2.05, 4.69) is 20.4 Å². The maximum absolute atomic E-state index is 7.69. The number of hydrogen-bond acceptors (Lipinski definition) is 2. The number of nitrogens with one attached hydrogen (secondary N) is 1. The molecule has 0 saturated heterocycles. The Bertz CT molecular complexity index is 304. The molecule has 2 atom stereocenters. The smallest absolute Gasteiger partial charge is 0.209 e. The summed E-state index contributed by atoms with van der Waals surface area (Å²) in [7, 11) is 0. The molecule has 0 fully saturated rings.